The minimum atomic E-state index is -0.875. The molecule has 0 bridgehead atoms. The Kier molecular flexibility index (Phi) is 3.04. The third kappa shape index (κ3) is 2.31. The first-order valence-electron chi connectivity index (χ1n) is 6.52. The molecule has 0 heterocycles. The van der Waals surface area contributed by atoms with E-state index in [2.05, 4.69) is 13.8 Å². The summed E-state index contributed by atoms with van der Waals surface area (Å²) in [5.41, 5.74) is 0.0317. The van der Waals surface area contributed by atoms with Gasteiger partial charge in [0, 0.05) is 19.3 Å². The van der Waals surface area contributed by atoms with E-state index >= 15 is 0 Å². The highest BCUT2D eigenvalue weighted by atomic mass is 16.2. The van der Waals surface area contributed by atoms with Gasteiger partial charge < -0.3 is 0 Å². The maximum absolute atomic E-state index is 11.9. The minimum absolute atomic E-state index is 0.0317. The lowest BCUT2D eigenvalue weighted by Gasteiger charge is -2.31. The number of rotatable bonds is 2. The Balaban J connectivity index is 2.22. The second-order valence-corrected chi connectivity index (χ2v) is 6.64. The fraction of sp³-hybridized carbons (Fsp3) is 0.667. The first kappa shape index (κ1) is 13.2. The maximum atomic E-state index is 11.9. The molecule has 0 aromatic rings. The van der Waals surface area contributed by atoms with Gasteiger partial charge in [0.05, 0.1) is 5.41 Å². The molecule has 1 fully saturated rings. The van der Waals surface area contributed by atoms with Crippen molar-refractivity contribution in [1.82, 2.24) is 0 Å². The SMILES string of the molecule is CC1(C)CC(=O)C=C(CC2(C)C(=O)CCC2=O)C1. The normalized spacial score (nSPS) is 26.4. The molecule has 0 saturated heterocycles. The van der Waals surface area contributed by atoms with E-state index in [9.17, 15) is 14.4 Å². The van der Waals surface area contributed by atoms with Crippen LogP contribution in [0.2, 0.25) is 0 Å². The summed E-state index contributed by atoms with van der Waals surface area (Å²) in [4.78, 5) is 35.5. The highest BCUT2D eigenvalue weighted by Crippen LogP contribution is 2.42. The molecule has 2 aliphatic rings. The Morgan fingerprint density at radius 1 is 1.00 bits per heavy atom. The van der Waals surface area contributed by atoms with Gasteiger partial charge in [-0.1, -0.05) is 19.4 Å². The maximum Gasteiger partial charge on any atom is 0.156 e. The lowest BCUT2D eigenvalue weighted by atomic mass is 9.71. The van der Waals surface area contributed by atoms with Crippen molar-refractivity contribution in [3.8, 4) is 0 Å². The summed E-state index contributed by atoms with van der Waals surface area (Å²) >= 11 is 0. The quantitative estimate of drug-likeness (QED) is 0.706. The molecule has 0 radical (unpaired) electrons. The van der Waals surface area contributed by atoms with Gasteiger partial charge in [0.2, 0.25) is 0 Å². The predicted molar refractivity (Wildman–Crippen MR) is 68.1 cm³/mol. The van der Waals surface area contributed by atoms with Gasteiger partial charge in [-0.15, -0.1) is 0 Å². The van der Waals surface area contributed by atoms with Gasteiger partial charge in [-0.2, -0.15) is 0 Å². The Morgan fingerprint density at radius 2 is 1.56 bits per heavy atom. The van der Waals surface area contributed by atoms with Crippen LogP contribution in [0.4, 0.5) is 0 Å². The lowest BCUT2D eigenvalue weighted by Crippen LogP contribution is -2.32. The van der Waals surface area contributed by atoms with E-state index in [4.69, 9.17) is 0 Å². The first-order chi connectivity index (χ1) is 8.23. The van der Waals surface area contributed by atoms with Crippen molar-refractivity contribution in [2.24, 2.45) is 10.8 Å². The number of Topliss-reactive ketones (excluding diaryl/α,β-unsaturated/α-hetero) is 2. The van der Waals surface area contributed by atoms with E-state index in [1.165, 1.54) is 0 Å². The molecular weight excluding hydrogens is 228 g/mol. The van der Waals surface area contributed by atoms with Crippen LogP contribution in [0.25, 0.3) is 0 Å². The van der Waals surface area contributed by atoms with Crippen LogP contribution < -0.4 is 0 Å². The van der Waals surface area contributed by atoms with Crippen molar-refractivity contribution in [1.29, 1.82) is 0 Å². The van der Waals surface area contributed by atoms with Crippen LogP contribution in [0.15, 0.2) is 11.6 Å². The molecule has 2 aliphatic carbocycles. The third-order valence-corrected chi connectivity index (χ3v) is 4.11. The monoisotopic (exact) mass is 248 g/mol. The van der Waals surface area contributed by atoms with Gasteiger partial charge in [0.1, 0.15) is 11.6 Å². The largest absolute Gasteiger partial charge is 0.299 e. The molecule has 0 unspecified atom stereocenters. The molecule has 3 heteroatoms. The van der Waals surface area contributed by atoms with Crippen LogP contribution in [-0.2, 0) is 14.4 Å². The molecule has 3 nitrogen and oxygen atoms in total. The van der Waals surface area contributed by atoms with Gasteiger partial charge in [-0.05, 0) is 31.3 Å². The molecular formula is C15H20O3. The molecule has 0 aromatic heterocycles. The molecule has 0 aromatic carbocycles. The molecule has 0 spiro atoms. The van der Waals surface area contributed by atoms with Crippen LogP contribution in [0, 0.1) is 10.8 Å². The zero-order chi connectivity index (χ0) is 13.6. The molecule has 0 N–H and O–H groups in total. The standard InChI is InChI=1S/C15H20O3/c1-14(2)7-10(6-11(16)9-14)8-15(3)12(17)4-5-13(15)18/h6H,4-5,7-9H2,1-3H3. The van der Waals surface area contributed by atoms with E-state index in [-0.39, 0.29) is 22.8 Å². The topological polar surface area (TPSA) is 51.2 Å². The predicted octanol–water partition coefficient (Wildman–Crippen LogP) is 2.63. The molecule has 98 valence electrons. The molecule has 0 amide bonds. The van der Waals surface area contributed by atoms with Crippen molar-refractivity contribution >= 4 is 17.3 Å². The van der Waals surface area contributed by atoms with Gasteiger partial charge in [0.25, 0.3) is 0 Å². The second kappa shape index (κ2) is 4.15. The fourth-order valence-electron chi connectivity index (χ4n) is 3.18. The number of hydrogen-bond acceptors (Lipinski definition) is 3. The summed E-state index contributed by atoms with van der Waals surface area (Å²) in [6.07, 6.45) is 4.15. The van der Waals surface area contributed by atoms with E-state index in [1.807, 2.05) is 0 Å². The molecule has 0 atom stereocenters. The molecule has 18 heavy (non-hydrogen) atoms. The van der Waals surface area contributed by atoms with Gasteiger partial charge in [0.15, 0.2) is 5.78 Å². The van der Waals surface area contributed by atoms with Crippen LogP contribution in [-0.4, -0.2) is 17.3 Å². The Hall–Kier alpha value is -1.25. The Bertz CT molecular complexity index is 438. The van der Waals surface area contributed by atoms with Gasteiger partial charge in [-0.25, -0.2) is 0 Å². The zero-order valence-electron chi connectivity index (χ0n) is 11.3. The third-order valence-electron chi connectivity index (χ3n) is 4.11. The minimum Gasteiger partial charge on any atom is -0.299 e. The number of carbonyl (C=O) groups excluding carboxylic acids is 3. The number of hydrogen-bond donors (Lipinski definition) is 0. The van der Waals surface area contributed by atoms with Gasteiger partial charge in [-0.3, -0.25) is 14.4 Å². The van der Waals surface area contributed by atoms with E-state index in [0.717, 1.165) is 12.0 Å². The highest BCUT2D eigenvalue weighted by molar-refractivity contribution is 6.12. The Labute approximate surface area is 108 Å². The summed E-state index contributed by atoms with van der Waals surface area (Å²) < 4.78 is 0. The van der Waals surface area contributed by atoms with Crippen LogP contribution in [0.3, 0.4) is 0 Å². The van der Waals surface area contributed by atoms with E-state index in [0.29, 0.717) is 25.7 Å². The lowest BCUT2D eigenvalue weighted by molar-refractivity contribution is -0.134. The number of carbonyl (C=O) groups is 3. The average molecular weight is 248 g/mol. The van der Waals surface area contributed by atoms with E-state index in [1.54, 1.807) is 13.0 Å². The van der Waals surface area contributed by atoms with Crippen LogP contribution >= 0.6 is 0 Å². The summed E-state index contributed by atoms with van der Waals surface area (Å²) in [6.45, 7) is 5.84. The number of ketones is 3. The first-order valence-corrected chi connectivity index (χ1v) is 6.52. The number of allylic oxidation sites excluding steroid dienone is 2. The molecule has 2 rings (SSSR count). The van der Waals surface area contributed by atoms with Crippen molar-refractivity contribution < 1.29 is 14.4 Å². The Morgan fingerprint density at radius 3 is 2.06 bits per heavy atom. The average Bonchev–Trinajstić information content (AvgIpc) is 2.43. The van der Waals surface area contributed by atoms with Crippen molar-refractivity contribution in [2.45, 2.75) is 52.9 Å². The smallest absolute Gasteiger partial charge is 0.156 e. The van der Waals surface area contributed by atoms with E-state index < -0.39 is 5.41 Å². The van der Waals surface area contributed by atoms with Crippen molar-refractivity contribution in [3.05, 3.63) is 11.6 Å². The van der Waals surface area contributed by atoms with Crippen molar-refractivity contribution in [3.63, 3.8) is 0 Å². The van der Waals surface area contributed by atoms with Crippen LogP contribution in [0.5, 0.6) is 0 Å². The molecule has 1 saturated carbocycles. The zero-order valence-corrected chi connectivity index (χ0v) is 11.3. The molecule has 0 aliphatic heterocycles. The summed E-state index contributed by atoms with van der Waals surface area (Å²) in [5.74, 6) is 0.177. The highest BCUT2D eigenvalue weighted by Gasteiger charge is 2.46. The van der Waals surface area contributed by atoms with Gasteiger partial charge >= 0.3 is 0 Å². The summed E-state index contributed by atoms with van der Waals surface area (Å²) in [7, 11) is 0. The fourth-order valence-corrected chi connectivity index (χ4v) is 3.18. The summed E-state index contributed by atoms with van der Waals surface area (Å²) in [6, 6.07) is 0. The summed E-state index contributed by atoms with van der Waals surface area (Å²) in [5, 5.41) is 0. The van der Waals surface area contributed by atoms with Crippen LogP contribution in [0.1, 0.15) is 52.9 Å². The second-order valence-electron chi connectivity index (χ2n) is 6.64. The van der Waals surface area contributed by atoms with Crippen molar-refractivity contribution in [2.75, 3.05) is 0 Å².